The van der Waals surface area contributed by atoms with Gasteiger partial charge in [-0.3, -0.25) is 14.6 Å². The molecule has 2 aromatic heterocycles. The predicted molar refractivity (Wildman–Crippen MR) is 104 cm³/mol. The Kier molecular flexibility index (Phi) is 5.77. The SMILES string of the molecule is Cn1c(C(=O)NOCCO)c(Nc2ccc(Br)cc2Cl)c2cnccc21. The largest absolute Gasteiger partial charge is 0.394 e. The molecule has 1 aromatic carbocycles. The van der Waals surface area contributed by atoms with E-state index in [-0.39, 0.29) is 13.2 Å². The first-order valence-corrected chi connectivity index (χ1v) is 8.87. The van der Waals surface area contributed by atoms with Gasteiger partial charge in [-0.1, -0.05) is 27.5 Å². The Bertz CT molecular complexity index is 961. The van der Waals surface area contributed by atoms with Crippen molar-refractivity contribution in [3.05, 3.63) is 51.8 Å². The first-order chi connectivity index (χ1) is 12.5. The number of aryl methyl sites for hydroxylation is 1. The molecule has 0 atom stereocenters. The van der Waals surface area contributed by atoms with Gasteiger partial charge in [-0.05, 0) is 24.3 Å². The minimum Gasteiger partial charge on any atom is -0.394 e. The number of halogens is 2. The molecule has 3 rings (SSSR count). The lowest BCUT2D eigenvalue weighted by Crippen LogP contribution is -2.27. The molecule has 2 heterocycles. The molecular formula is C17H16BrClN4O3. The molecule has 3 N–H and O–H groups in total. The number of hydrogen-bond acceptors (Lipinski definition) is 5. The third-order valence-electron chi connectivity index (χ3n) is 3.77. The van der Waals surface area contributed by atoms with Crippen molar-refractivity contribution in [2.45, 2.75) is 0 Å². The maximum Gasteiger partial charge on any atom is 0.293 e. The summed E-state index contributed by atoms with van der Waals surface area (Å²) in [7, 11) is 1.78. The summed E-state index contributed by atoms with van der Waals surface area (Å²) < 4.78 is 2.59. The van der Waals surface area contributed by atoms with Gasteiger partial charge in [0.2, 0.25) is 0 Å². The van der Waals surface area contributed by atoms with Crippen molar-refractivity contribution in [2.24, 2.45) is 7.05 Å². The molecular weight excluding hydrogens is 424 g/mol. The molecule has 136 valence electrons. The zero-order valence-corrected chi connectivity index (χ0v) is 16.1. The van der Waals surface area contributed by atoms with Crippen LogP contribution in [0.5, 0.6) is 0 Å². The van der Waals surface area contributed by atoms with E-state index in [1.807, 2.05) is 18.2 Å². The fraction of sp³-hybridized carbons (Fsp3) is 0.176. The third kappa shape index (κ3) is 3.68. The minimum absolute atomic E-state index is 0.00145. The van der Waals surface area contributed by atoms with Gasteiger partial charge in [0.05, 0.1) is 35.1 Å². The number of carbonyl (C=O) groups is 1. The summed E-state index contributed by atoms with van der Waals surface area (Å²) in [6.07, 6.45) is 3.33. The Morgan fingerprint density at radius 1 is 1.42 bits per heavy atom. The summed E-state index contributed by atoms with van der Waals surface area (Å²) in [5, 5.41) is 13.3. The highest BCUT2D eigenvalue weighted by Gasteiger charge is 2.22. The molecule has 0 aliphatic heterocycles. The number of aliphatic hydroxyl groups excluding tert-OH is 1. The van der Waals surface area contributed by atoms with Crippen molar-refractivity contribution in [1.82, 2.24) is 15.0 Å². The van der Waals surface area contributed by atoms with E-state index in [0.29, 0.717) is 22.1 Å². The molecule has 0 aliphatic rings. The molecule has 0 radical (unpaired) electrons. The summed E-state index contributed by atoms with van der Waals surface area (Å²) in [5.74, 6) is -0.451. The Balaban J connectivity index is 2.07. The van der Waals surface area contributed by atoms with Gasteiger partial charge in [-0.15, -0.1) is 0 Å². The number of nitrogens with one attached hydrogen (secondary N) is 2. The molecule has 26 heavy (non-hydrogen) atoms. The number of pyridine rings is 1. The molecule has 0 fully saturated rings. The molecule has 0 saturated heterocycles. The van der Waals surface area contributed by atoms with Gasteiger partial charge < -0.3 is 15.0 Å². The maximum absolute atomic E-state index is 12.6. The van der Waals surface area contributed by atoms with E-state index in [4.69, 9.17) is 21.5 Å². The second-order valence-corrected chi connectivity index (χ2v) is 6.75. The van der Waals surface area contributed by atoms with E-state index in [2.05, 4.69) is 31.7 Å². The van der Waals surface area contributed by atoms with E-state index in [1.165, 1.54) is 0 Å². The number of benzene rings is 1. The van der Waals surface area contributed by atoms with Crippen molar-refractivity contribution >= 4 is 55.7 Å². The molecule has 0 unspecified atom stereocenters. The number of anilines is 2. The lowest BCUT2D eigenvalue weighted by atomic mass is 10.2. The summed E-state index contributed by atoms with van der Waals surface area (Å²) >= 11 is 9.67. The van der Waals surface area contributed by atoms with Crippen LogP contribution in [-0.2, 0) is 11.9 Å². The second-order valence-electron chi connectivity index (χ2n) is 5.43. The van der Waals surface area contributed by atoms with Crippen molar-refractivity contribution in [3.8, 4) is 0 Å². The number of aromatic nitrogens is 2. The highest BCUT2D eigenvalue weighted by atomic mass is 79.9. The van der Waals surface area contributed by atoms with Gasteiger partial charge in [0, 0.05) is 29.3 Å². The highest BCUT2D eigenvalue weighted by molar-refractivity contribution is 9.10. The van der Waals surface area contributed by atoms with Gasteiger partial charge in [0.15, 0.2) is 0 Å². The summed E-state index contributed by atoms with van der Waals surface area (Å²) in [5.41, 5.74) is 4.71. The van der Waals surface area contributed by atoms with Crippen LogP contribution in [0, 0.1) is 0 Å². The van der Waals surface area contributed by atoms with Crippen LogP contribution in [0.15, 0.2) is 41.1 Å². The van der Waals surface area contributed by atoms with Crippen molar-refractivity contribution < 1.29 is 14.7 Å². The number of nitrogens with zero attached hydrogens (tertiary/aromatic N) is 2. The quantitative estimate of drug-likeness (QED) is 0.405. The standard InChI is InChI=1S/C17H16BrClN4O3/c1-23-14-4-5-20-9-11(14)15(16(23)17(25)22-26-7-6-24)21-13-3-2-10(18)8-12(13)19/h2-5,8-9,21,24H,6-7H2,1H3,(H,22,25). The third-order valence-corrected chi connectivity index (χ3v) is 4.57. The first-order valence-electron chi connectivity index (χ1n) is 7.70. The van der Waals surface area contributed by atoms with Crippen molar-refractivity contribution in [2.75, 3.05) is 18.5 Å². The Hall–Kier alpha value is -2.13. The normalized spacial score (nSPS) is 10.9. The fourth-order valence-corrected chi connectivity index (χ4v) is 3.34. The number of hydrogen-bond donors (Lipinski definition) is 3. The Morgan fingerprint density at radius 2 is 2.23 bits per heavy atom. The van der Waals surface area contributed by atoms with Gasteiger partial charge in [-0.25, -0.2) is 5.48 Å². The topological polar surface area (TPSA) is 88.4 Å². The lowest BCUT2D eigenvalue weighted by Gasteiger charge is -2.12. The Morgan fingerprint density at radius 3 is 2.96 bits per heavy atom. The fourth-order valence-electron chi connectivity index (χ4n) is 2.62. The van der Waals surface area contributed by atoms with E-state index in [9.17, 15) is 4.79 Å². The van der Waals surface area contributed by atoms with Crippen LogP contribution in [0.2, 0.25) is 5.02 Å². The molecule has 7 nitrogen and oxygen atoms in total. The van der Waals surface area contributed by atoms with Gasteiger partial charge in [0.1, 0.15) is 5.69 Å². The van der Waals surface area contributed by atoms with E-state index in [0.717, 1.165) is 15.4 Å². The van der Waals surface area contributed by atoms with Gasteiger partial charge in [-0.2, -0.15) is 0 Å². The number of aliphatic hydroxyl groups is 1. The molecule has 0 saturated carbocycles. The molecule has 9 heteroatoms. The zero-order valence-electron chi connectivity index (χ0n) is 13.8. The van der Waals surface area contributed by atoms with Crippen LogP contribution in [0.3, 0.4) is 0 Å². The molecule has 0 aliphatic carbocycles. The number of fused-ring (bicyclic) bond motifs is 1. The number of hydroxylamine groups is 1. The zero-order chi connectivity index (χ0) is 18.7. The van der Waals surface area contributed by atoms with Crippen LogP contribution in [0.4, 0.5) is 11.4 Å². The average molecular weight is 440 g/mol. The molecule has 1 amide bonds. The van der Waals surface area contributed by atoms with E-state index in [1.54, 1.807) is 30.1 Å². The van der Waals surface area contributed by atoms with Crippen LogP contribution >= 0.6 is 27.5 Å². The number of carbonyl (C=O) groups excluding carboxylic acids is 1. The number of amides is 1. The molecule has 3 aromatic rings. The van der Waals surface area contributed by atoms with E-state index < -0.39 is 5.91 Å². The molecule has 0 bridgehead atoms. The van der Waals surface area contributed by atoms with Crippen LogP contribution < -0.4 is 10.8 Å². The number of rotatable bonds is 6. The monoisotopic (exact) mass is 438 g/mol. The Labute approximate surface area is 163 Å². The predicted octanol–water partition coefficient (Wildman–Crippen LogP) is 3.39. The summed E-state index contributed by atoms with van der Waals surface area (Å²) in [6.45, 7) is -0.197. The maximum atomic E-state index is 12.6. The van der Waals surface area contributed by atoms with Gasteiger partial charge in [0.25, 0.3) is 5.91 Å². The smallest absolute Gasteiger partial charge is 0.293 e. The summed E-state index contributed by atoms with van der Waals surface area (Å²) in [4.78, 5) is 21.7. The van der Waals surface area contributed by atoms with Crippen molar-refractivity contribution in [3.63, 3.8) is 0 Å². The highest BCUT2D eigenvalue weighted by Crippen LogP contribution is 2.35. The first kappa shape index (κ1) is 18.7. The average Bonchev–Trinajstić information content (AvgIpc) is 2.90. The summed E-state index contributed by atoms with van der Waals surface area (Å²) in [6, 6.07) is 7.24. The van der Waals surface area contributed by atoms with Crippen LogP contribution in [0.1, 0.15) is 10.5 Å². The van der Waals surface area contributed by atoms with Crippen LogP contribution in [0.25, 0.3) is 10.9 Å². The van der Waals surface area contributed by atoms with Crippen LogP contribution in [-0.4, -0.2) is 33.8 Å². The van der Waals surface area contributed by atoms with Crippen molar-refractivity contribution in [1.29, 1.82) is 0 Å². The van der Waals surface area contributed by atoms with Gasteiger partial charge >= 0.3 is 0 Å². The second kappa shape index (κ2) is 8.05. The van der Waals surface area contributed by atoms with E-state index >= 15 is 0 Å². The minimum atomic E-state index is -0.451. The lowest BCUT2D eigenvalue weighted by molar-refractivity contribution is 0.0163. The molecule has 0 spiro atoms.